The number of hydrogen-bond acceptors (Lipinski definition) is 9. The zero-order valence-corrected chi connectivity index (χ0v) is 26.6. The van der Waals surface area contributed by atoms with Crippen LogP contribution in [0.3, 0.4) is 0 Å². The predicted octanol–water partition coefficient (Wildman–Crippen LogP) is 5.92. The van der Waals surface area contributed by atoms with Crippen LogP contribution in [-0.2, 0) is 41.6 Å². The monoisotopic (exact) mass is 671 g/mol. The Balaban J connectivity index is 1.34. The topological polar surface area (TPSA) is 125 Å². The van der Waals surface area contributed by atoms with Crippen LogP contribution in [0.5, 0.6) is 0 Å². The largest absolute Gasteiger partial charge is 0.461 e. The first-order valence-electron chi connectivity index (χ1n) is 14.6. The van der Waals surface area contributed by atoms with Crippen molar-refractivity contribution in [1.82, 2.24) is 4.90 Å². The van der Waals surface area contributed by atoms with Gasteiger partial charge in [0.05, 0.1) is 36.3 Å². The lowest BCUT2D eigenvalue weighted by atomic mass is 9.98. The molecular formula is C33H38BrNO9. The van der Waals surface area contributed by atoms with Gasteiger partial charge in [0.15, 0.2) is 6.10 Å². The Kier molecular flexibility index (Phi) is 12.1. The second-order valence-corrected chi connectivity index (χ2v) is 11.5. The quantitative estimate of drug-likeness (QED) is 0.155. The maximum Gasteiger partial charge on any atom is 0.417 e. The number of nitrogens with zero attached hydrogens (tertiary/aromatic N) is 1. The number of amides is 2. The van der Waals surface area contributed by atoms with Crippen molar-refractivity contribution >= 4 is 33.9 Å². The number of furan rings is 1. The van der Waals surface area contributed by atoms with Crippen molar-refractivity contribution < 1.29 is 42.9 Å². The number of hydrogen-bond donors (Lipinski definition) is 1. The van der Waals surface area contributed by atoms with Crippen LogP contribution in [0.15, 0.2) is 75.6 Å². The molecule has 44 heavy (non-hydrogen) atoms. The zero-order valence-electron chi connectivity index (χ0n) is 25.0. The van der Waals surface area contributed by atoms with E-state index in [0.717, 1.165) is 16.0 Å². The fraction of sp³-hybridized carbons (Fsp3) is 0.424. The molecule has 1 N–H and O–H groups in total. The molecule has 2 heterocycles. The molecule has 0 radical (unpaired) electrons. The number of ether oxygens (including phenoxy) is 4. The minimum absolute atomic E-state index is 0.158. The van der Waals surface area contributed by atoms with Gasteiger partial charge in [-0.15, -0.1) is 0 Å². The number of aliphatic hydroxyl groups excluding tert-OH is 1. The van der Waals surface area contributed by atoms with Crippen LogP contribution in [0.1, 0.15) is 62.0 Å². The first kappa shape index (κ1) is 33.4. The van der Waals surface area contributed by atoms with Gasteiger partial charge in [-0.3, -0.25) is 9.59 Å². The van der Waals surface area contributed by atoms with Gasteiger partial charge in [0.1, 0.15) is 23.7 Å². The van der Waals surface area contributed by atoms with Gasteiger partial charge in [-0.05, 0) is 53.4 Å². The number of carbonyl (C=O) groups excluding carboxylic acids is 3. The van der Waals surface area contributed by atoms with E-state index < -0.39 is 48.2 Å². The Hall–Kier alpha value is -3.51. The lowest BCUT2D eigenvalue weighted by Crippen LogP contribution is -2.43. The standard InChI is InChI=1S/C33H38BrNO9/c1-21(32(38)35-22(2)31(44-33(35)39)25-13-8-5-9-14-25)30(42-23(3)37)29-17-27(34)28(43-29)15-10-16-40-20-26(18-36)41-19-24-11-6-4-7-12-24/h4-9,11-14,17,21-22,26,30-31,36H,10,15-16,18-20H2,1-3H3. The summed E-state index contributed by atoms with van der Waals surface area (Å²) in [6.07, 6.45) is -1.77. The molecule has 10 nitrogen and oxygen atoms in total. The molecule has 0 spiro atoms. The summed E-state index contributed by atoms with van der Waals surface area (Å²) in [6.45, 7) is 5.45. The summed E-state index contributed by atoms with van der Waals surface area (Å²) in [5.41, 5.74) is 1.79. The Bertz CT molecular complexity index is 1380. The van der Waals surface area contributed by atoms with Gasteiger partial charge in [0, 0.05) is 20.0 Å². The van der Waals surface area contributed by atoms with E-state index in [4.69, 9.17) is 23.4 Å². The van der Waals surface area contributed by atoms with Crippen molar-refractivity contribution in [3.8, 4) is 0 Å². The molecule has 3 aromatic rings. The second-order valence-electron chi connectivity index (χ2n) is 10.7. The average molecular weight is 673 g/mol. The van der Waals surface area contributed by atoms with E-state index in [0.29, 0.717) is 36.3 Å². The molecular weight excluding hydrogens is 634 g/mol. The molecule has 1 fully saturated rings. The van der Waals surface area contributed by atoms with Crippen molar-refractivity contribution in [3.05, 3.63) is 93.9 Å². The van der Waals surface area contributed by atoms with E-state index >= 15 is 0 Å². The summed E-state index contributed by atoms with van der Waals surface area (Å²) < 4.78 is 29.3. The number of aryl methyl sites for hydroxylation is 1. The fourth-order valence-corrected chi connectivity index (χ4v) is 5.51. The number of imide groups is 1. The van der Waals surface area contributed by atoms with E-state index in [-0.39, 0.29) is 19.0 Å². The maximum absolute atomic E-state index is 13.6. The van der Waals surface area contributed by atoms with Crippen LogP contribution in [0.2, 0.25) is 0 Å². The molecule has 1 aromatic heterocycles. The molecule has 11 heteroatoms. The third kappa shape index (κ3) is 8.56. The Labute approximate surface area is 265 Å². The number of aliphatic hydroxyl groups is 1. The summed E-state index contributed by atoms with van der Waals surface area (Å²) in [5.74, 6) is -1.20. The lowest BCUT2D eigenvalue weighted by Gasteiger charge is -2.26. The van der Waals surface area contributed by atoms with Crippen molar-refractivity contribution in [2.24, 2.45) is 5.92 Å². The molecule has 0 saturated carbocycles. The van der Waals surface area contributed by atoms with Crippen molar-refractivity contribution in [3.63, 3.8) is 0 Å². The maximum atomic E-state index is 13.6. The number of esters is 1. The highest BCUT2D eigenvalue weighted by Crippen LogP contribution is 2.38. The van der Waals surface area contributed by atoms with Crippen LogP contribution in [-0.4, -0.2) is 59.9 Å². The first-order valence-corrected chi connectivity index (χ1v) is 15.4. The summed E-state index contributed by atoms with van der Waals surface area (Å²) in [6, 6.07) is 20.0. The highest BCUT2D eigenvalue weighted by molar-refractivity contribution is 9.10. The molecule has 1 aliphatic heterocycles. The van der Waals surface area contributed by atoms with Crippen molar-refractivity contribution in [2.75, 3.05) is 19.8 Å². The Morgan fingerprint density at radius 1 is 1.09 bits per heavy atom. The van der Waals surface area contributed by atoms with Crippen molar-refractivity contribution in [1.29, 1.82) is 0 Å². The molecule has 0 bridgehead atoms. The average Bonchev–Trinajstić information content (AvgIpc) is 3.54. The predicted molar refractivity (Wildman–Crippen MR) is 163 cm³/mol. The van der Waals surface area contributed by atoms with Gasteiger partial charge < -0.3 is 28.5 Å². The van der Waals surface area contributed by atoms with Crippen LogP contribution in [0.4, 0.5) is 4.79 Å². The van der Waals surface area contributed by atoms with Gasteiger partial charge in [-0.2, -0.15) is 0 Å². The van der Waals surface area contributed by atoms with Crippen LogP contribution in [0.25, 0.3) is 0 Å². The molecule has 0 aliphatic carbocycles. The SMILES string of the molecule is CC(=O)OC(c1cc(Br)c(CCCOCC(CO)OCc2ccccc2)o1)C(C)C(=O)N1C(=O)OC(c2ccccc2)C1C. The van der Waals surface area contributed by atoms with Gasteiger partial charge in [-0.1, -0.05) is 60.7 Å². The Morgan fingerprint density at radius 2 is 1.77 bits per heavy atom. The smallest absolute Gasteiger partial charge is 0.417 e. The number of carbonyl (C=O) groups is 3. The van der Waals surface area contributed by atoms with Gasteiger partial charge in [-0.25, -0.2) is 9.69 Å². The van der Waals surface area contributed by atoms with E-state index in [1.54, 1.807) is 19.9 Å². The van der Waals surface area contributed by atoms with Crippen molar-refractivity contribution in [2.45, 2.75) is 64.6 Å². The van der Waals surface area contributed by atoms with Crippen LogP contribution in [0, 0.1) is 5.92 Å². The summed E-state index contributed by atoms with van der Waals surface area (Å²) >= 11 is 3.51. The molecule has 5 unspecified atom stereocenters. The van der Waals surface area contributed by atoms with Gasteiger partial charge in [0.2, 0.25) is 5.91 Å². The lowest BCUT2D eigenvalue weighted by molar-refractivity contribution is -0.154. The van der Waals surface area contributed by atoms with E-state index in [1.807, 2.05) is 60.7 Å². The summed E-state index contributed by atoms with van der Waals surface area (Å²) in [4.78, 5) is 39.5. The fourth-order valence-electron chi connectivity index (χ4n) is 5.01. The molecule has 4 rings (SSSR count). The molecule has 2 aromatic carbocycles. The molecule has 1 aliphatic rings. The minimum Gasteiger partial charge on any atom is -0.461 e. The zero-order chi connectivity index (χ0) is 31.6. The highest BCUT2D eigenvalue weighted by atomic mass is 79.9. The third-order valence-electron chi connectivity index (χ3n) is 7.36. The summed E-state index contributed by atoms with van der Waals surface area (Å²) in [5, 5.41) is 9.62. The molecule has 2 amide bonds. The van der Waals surface area contributed by atoms with Gasteiger partial charge >= 0.3 is 12.1 Å². The molecule has 5 atom stereocenters. The summed E-state index contributed by atoms with van der Waals surface area (Å²) in [7, 11) is 0. The van der Waals surface area contributed by atoms with E-state index in [1.165, 1.54) is 6.92 Å². The number of rotatable bonds is 15. The third-order valence-corrected chi connectivity index (χ3v) is 8.03. The van der Waals surface area contributed by atoms with E-state index in [2.05, 4.69) is 15.9 Å². The molecule has 1 saturated heterocycles. The molecule has 236 valence electrons. The minimum atomic E-state index is -1.07. The normalized spacial score (nSPS) is 18.5. The number of cyclic esters (lactones) is 1. The van der Waals surface area contributed by atoms with Crippen LogP contribution < -0.4 is 0 Å². The highest BCUT2D eigenvalue weighted by Gasteiger charge is 2.47. The number of halogens is 1. The van der Waals surface area contributed by atoms with Gasteiger partial charge in [0.25, 0.3) is 0 Å². The second kappa shape index (κ2) is 16.0. The number of benzene rings is 2. The van der Waals surface area contributed by atoms with E-state index in [9.17, 15) is 19.5 Å². The first-order chi connectivity index (χ1) is 21.2. The van der Waals surface area contributed by atoms with Crippen LogP contribution >= 0.6 is 15.9 Å². The Morgan fingerprint density at radius 3 is 2.43 bits per heavy atom.